The summed E-state index contributed by atoms with van der Waals surface area (Å²) < 4.78 is 26.7. The average Bonchev–Trinajstić information content (AvgIpc) is 3.64. The molecule has 0 saturated carbocycles. The van der Waals surface area contributed by atoms with Gasteiger partial charge in [-0.1, -0.05) is 77.6 Å². The number of hydrogen-bond donors (Lipinski definition) is 6. The molecule has 0 radical (unpaired) electrons. The lowest BCUT2D eigenvalue weighted by molar-refractivity contribution is -0.147. The highest BCUT2D eigenvalue weighted by Gasteiger charge is 2.42. The molecule has 5 atom stereocenters. The van der Waals surface area contributed by atoms with Gasteiger partial charge in [0.2, 0.25) is 11.8 Å². The second-order valence-electron chi connectivity index (χ2n) is 13.2. The SMILES string of the molecule is CCCCCCCCCCCCCC(=O)OC[C@@H](O)COP(=O)(O)OCCNC(=O)CCCCNC(=O)CCCC[C@@H]1SCC2NC(=O)NC21. The molecular formula is C34H63N4O10PS. The van der Waals surface area contributed by atoms with Crippen LogP contribution in [0.15, 0.2) is 0 Å². The van der Waals surface area contributed by atoms with Crippen LogP contribution >= 0.6 is 19.6 Å². The maximum absolute atomic E-state index is 12.1. The normalized spacial score (nSPS) is 20.0. The topological polar surface area (TPSA) is 202 Å². The van der Waals surface area contributed by atoms with Crippen LogP contribution in [0.3, 0.4) is 0 Å². The first-order chi connectivity index (χ1) is 24.1. The summed E-state index contributed by atoms with van der Waals surface area (Å²) in [6.45, 7) is 1.51. The van der Waals surface area contributed by atoms with Crippen LogP contribution in [0.5, 0.6) is 0 Å². The number of unbranched alkanes of at least 4 members (excludes halogenated alkanes) is 12. The molecule has 0 spiro atoms. The fraction of sp³-hybridized carbons (Fsp3) is 0.882. The first-order valence-corrected chi connectivity index (χ1v) is 21.3. The fourth-order valence-electron chi connectivity index (χ4n) is 5.90. The Bertz CT molecular complexity index is 1040. The summed E-state index contributed by atoms with van der Waals surface area (Å²) in [6, 6.07) is 0.299. The molecule has 4 amide bonds. The zero-order valence-corrected chi connectivity index (χ0v) is 31.7. The number of aliphatic hydroxyl groups excluding tert-OH is 1. The van der Waals surface area contributed by atoms with Gasteiger partial charge in [-0.05, 0) is 32.1 Å². The quantitative estimate of drug-likeness (QED) is 0.0245. The number of urea groups is 1. The molecule has 3 unspecified atom stereocenters. The Morgan fingerprint density at radius 3 is 2.10 bits per heavy atom. The van der Waals surface area contributed by atoms with Gasteiger partial charge in [-0.3, -0.25) is 23.4 Å². The molecule has 0 aromatic carbocycles. The molecule has 2 fully saturated rings. The smallest absolute Gasteiger partial charge is 0.463 e. The van der Waals surface area contributed by atoms with Crippen LogP contribution in [-0.2, 0) is 32.7 Å². The Kier molecular flexibility index (Phi) is 23.7. The molecule has 0 bridgehead atoms. The molecule has 50 heavy (non-hydrogen) atoms. The Hall–Kier alpha value is -1.90. The summed E-state index contributed by atoms with van der Waals surface area (Å²) in [5.41, 5.74) is 0. The third-order valence-electron chi connectivity index (χ3n) is 8.76. The van der Waals surface area contributed by atoms with Gasteiger partial charge in [0.05, 0.1) is 25.3 Å². The van der Waals surface area contributed by atoms with E-state index in [4.69, 9.17) is 13.8 Å². The number of ether oxygens (including phenoxy) is 1. The van der Waals surface area contributed by atoms with Crippen LogP contribution in [0.1, 0.15) is 129 Å². The second-order valence-corrected chi connectivity index (χ2v) is 16.0. The minimum Gasteiger partial charge on any atom is -0.463 e. The van der Waals surface area contributed by atoms with E-state index in [1.165, 1.54) is 51.4 Å². The predicted molar refractivity (Wildman–Crippen MR) is 194 cm³/mol. The van der Waals surface area contributed by atoms with Crippen LogP contribution in [0.2, 0.25) is 0 Å². The first-order valence-electron chi connectivity index (χ1n) is 18.8. The Balaban J connectivity index is 1.36. The third-order valence-corrected chi connectivity index (χ3v) is 11.3. The van der Waals surface area contributed by atoms with Gasteiger partial charge in [-0.2, -0.15) is 11.8 Å². The van der Waals surface area contributed by atoms with Crippen molar-refractivity contribution in [3.63, 3.8) is 0 Å². The number of aliphatic hydroxyl groups is 1. The Labute approximate surface area is 302 Å². The van der Waals surface area contributed by atoms with E-state index >= 15 is 0 Å². The van der Waals surface area contributed by atoms with Crippen molar-refractivity contribution in [3.05, 3.63) is 0 Å². The monoisotopic (exact) mass is 750 g/mol. The van der Waals surface area contributed by atoms with Gasteiger partial charge in [0.15, 0.2) is 0 Å². The molecule has 16 heteroatoms. The van der Waals surface area contributed by atoms with E-state index in [-0.39, 0.29) is 62.5 Å². The minimum atomic E-state index is -4.47. The first kappa shape index (κ1) is 44.3. The van der Waals surface area contributed by atoms with Crippen LogP contribution in [0, 0.1) is 0 Å². The summed E-state index contributed by atoms with van der Waals surface area (Å²) in [6.07, 6.45) is 16.5. The number of nitrogens with one attached hydrogen (secondary N) is 4. The van der Waals surface area contributed by atoms with Gasteiger partial charge in [0, 0.05) is 43.4 Å². The van der Waals surface area contributed by atoms with E-state index in [0.29, 0.717) is 31.1 Å². The minimum absolute atomic E-state index is 0.00760. The predicted octanol–water partition coefficient (Wildman–Crippen LogP) is 4.85. The van der Waals surface area contributed by atoms with Crippen molar-refractivity contribution in [1.82, 2.24) is 21.3 Å². The number of hydrogen-bond acceptors (Lipinski definition) is 10. The maximum atomic E-state index is 12.1. The number of fused-ring (bicyclic) bond motifs is 1. The summed E-state index contributed by atoms with van der Waals surface area (Å²) in [7, 11) is -4.47. The number of esters is 1. The Morgan fingerprint density at radius 1 is 0.820 bits per heavy atom. The van der Waals surface area contributed by atoms with Crippen molar-refractivity contribution in [2.75, 3.05) is 38.7 Å². The molecule has 2 saturated heterocycles. The summed E-state index contributed by atoms with van der Waals surface area (Å²) >= 11 is 1.87. The van der Waals surface area contributed by atoms with Crippen molar-refractivity contribution in [1.29, 1.82) is 0 Å². The molecule has 6 N–H and O–H groups in total. The number of rotatable bonds is 31. The number of phosphoric ester groups is 1. The zero-order chi connectivity index (χ0) is 36.5. The molecule has 14 nitrogen and oxygen atoms in total. The molecule has 2 rings (SSSR count). The van der Waals surface area contributed by atoms with Gasteiger partial charge in [0.1, 0.15) is 12.7 Å². The van der Waals surface area contributed by atoms with Crippen LogP contribution < -0.4 is 21.3 Å². The van der Waals surface area contributed by atoms with Gasteiger partial charge in [-0.15, -0.1) is 0 Å². The van der Waals surface area contributed by atoms with E-state index in [0.717, 1.165) is 44.3 Å². The van der Waals surface area contributed by atoms with E-state index < -0.39 is 26.5 Å². The number of carbonyl (C=O) groups excluding carboxylic acids is 4. The third kappa shape index (κ3) is 21.5. The van der Waals surface area contributed by atoms with Crippen molar-refractivity contribution in [2.45, 2.75) is 152 Å². The van der Waals surface area contributed by atoms with Crippen molar-refractivity contribution >= 4 is 43.4 Å². The van der Waals surface area contributed by atoms with Gasteiger partial charge in [0.25, 0.3) is 0 Å². The summed E-state index contributed by atoms with van der Waals surface area (Å²) in [5, 5.41) is 21.7. The molecule has 0 aromatic heterocycles. The molecule has 0 aromatic rings. The molecule has 2 heterocycles. The lowest BCUT2D eigenvalue weighted by Crippen LogP contribution is -2.36. The summed E-state index contributed by atoms with van der Waals surface area (Å²) in [5.74, 6) is 0.231. The maximum Gasteiger partial charge on any atom is 0.472 e. The van der Waals surface area contributed by atoms with Gasteiger partial charge >= 0.3 is 19.8 Å². The van der Waals surface area contributed by atoms with Crippen molar-refractivity contribution in [2.24, 2.45) is 0 Å². The van der Waals surface area contributed by atoms with Crippen molar-refractivity contribution < 1.29 is 47.5 Å². The number of phosphoric acid groups is 1. The molecule has 290 valence electrons. The second kappa shape index (κ2) is 26.8. The van der Waals surface area contributed by atoms with Crippen LogP contribution in [0.4, 0.5) is 4.79 Å². The number of amides is 4. The van der Waals surface area contributed by atoms with Crippen LogP contribution in [0.25, 0.3) is 0 Å². The average molecular weight is 751 g/mol. The largest absolute Gasteiger partial charge is 0.472 e. The lowest BCUT2D eigenvalue weighted by Gasteiger charge is -2.16. The highest BCUT2D eigenvalue weighted by molar-refractivity contribution is 8.00. The van der Waals surface area contributed by atoms with E-state index in [9.17, 15) is 33.7 Å². The Morgan fingerprint density at radius 2 is 1.42 bits per heavy atom. The van der Waals surface area contributed by atoms with E-state index in [1.807, 2.05) is 11.8 Å². The van der Waals surface area contributed by atoms with Crippen LogP contribution in [-0.4, -0.2) is 95.9 Å². The van der Waals surface area contributed by atoms with Gasteiger partial charge < -0.3 is 36.0 Å². The highest BCUT2D eigenvalue weighted by Crippen LogP contribution is 2.42. The van der Waals surface area contributed by atoms with E-state index in [1.54, 1.807) is 0 Å². The number of thioether (sulfide) groups is 1. The molecule has 0 aliphatic carbocycles. The highest BCUT2D eigenvalue weighted by atomic mass is 32.2. The number of carbonyl (C=O) groups is 4. The van der Waals surface area contributed by atoms with Gasteiger partial charge in [-0.25, -0.2) is 9.36 Å². The lowest BCUT2D eigenvalue weighted by atomic mass is 10.0. The fourth-order valence-corrected chi connectivity index (χ4v) is 8.20. The molecule has 2 aliphatic heterocycles. The standard InChI is InChI=1S/C34H63N4O10PS/c1-2-3-4-5-6-7-8-9-10-11-12-20-32(42)46-24-27(39)25-48-49(44,45)47-23-22-36-31(41)19-15-16-21-35-30(40)18-14-13-17-29-33-28(26-50-29)37-34(43)38-33/h27-29,33,39H,2-26H2,1H3,(H,35,40)(H,36,41)(H,44,45)(H2,37,38,43)/t27-,28?,29+,33?/m1/s1. The summed E-state index contributed by atoms with van der Waals surface area (Å²) in [4.78, 5) is 57.3. The molecule has 2 aliphatic rings. The molecular weight excluding hydrogens is 687 g/mol. The van der Waals surface area contributed by atoms with Crippen molar-refractivity contribution in [3.8, 4) is 0 Å². The zero-order valence-electron chi connectivity index (χ0n) is 30.0. The van der Waals surface area contributed by atoms with E-state index in [2.05, 4.69) is 28.2 Å².